The van der Waals surface area contributed by atoms with E-state index in [2.05, 4.69) is 21.3 Å². The van der Waals surface area contributed by atoms with Crippen molar-refractivity contribution in [1.29, 1.82) is 0 Å². The van der Waals surface area contributed by atoms with Gasteiger partial charge in [-0.25, -0.2) is 4.79 Å². The summed E-state index contributed by atoms with van der Waals surface area (Å²) >= 11 is 0. The molecular weight excluding hydrogens is 592 g/mol. The smallest absolute Gasteiger partial charge is 0.407 e. The number of methoxy groups -OCH3 is 1. The molecule has 0 aromatic heterocycles. The lowest BCUT2D eigenvalue weighted by Crippen LogP contribution is -2.64. The molecular formula is C30H48N4O11. The van der Waals surface area contributed by atoms with E-state index in [9.17, 15) is 29.4 Å². The predicted molar refractivity (Wildman–Crippen MR) is 161 cm³/mol. The third-order valence-corrected chi connectivity index (χ3v) is 6.70. The van der Waals surface area contributed by atoms with Crippen molar-refractivity contribution in [2.75, 3.05) is 33.6 Å². The summed E-state index contributed by atoms with van der Waals surface area (Å²) in [5, 5.41) is 31.7. The van der Waals surface area contributed by atoms with E-state index in [4.69, 9.17) is 23.7 Å². The Morgan fingerprint density at radius 2 is 1.71 bits per heavy atom. The Balaban J connectivity index is 1.71. The standard InChI is InChI=1S/C30H48N4O11/c1-19(2)44-18-33-25(37)15-24(36)31-12-7-5-6-8-13-42-29-26(34-20(3)35)28(39)27(38)23(45-29)17-43-30(40)32-16-21-10-9-11-22(14-21)41-4/h9-11,14,19,23,26-29,38-39H,5-8,12-13,15-18H2,1-4H3,(H,31,36)(H,32,40)(H,33,37)(H,34,35). The van der Waals surface area contributed by atoms with Gasteiger partial charge in [-0.1, -0.05) is 25.0 Å². The van der Waals surface area contributed by atoms with E-state index in [-0.39, 0.29) is 44.9 Å². The molecule has 1 saturated heterocycles. The number of aliphatic hydroxyl groups excluding tert-OH is 2. The Hall–Kier alpha value is -3.50. The Bertz CT molecular complexity index is 1070. The predicted octanol–water partition coefficient (Wildman–Crippen LogP) is 0.455. The highest BCUT2D eigenvalue weighted by Gasteiger charge is 2.46. The van der Waals surface area contributed by atoms with E-state index in [1.54, 1.807) is 25.3 Å². The quantitative estimate of drug-likeness (QED) is 0.0696. The number of hydrogen-bond donors (Lipinski definition) is 6. The molecule has 1 aromatic rings. The summed E-state index contributed by atoms with van der Waals surface area (Å²) in [7, 11) is 1.54. The number of aliphatic hydroxyl groups is 2. The molecule has 1 aliphatic rings. The first-order chi connectivity index (χ1) is 21.5. The van der Waals surface area contributed by atoms with Gasteiger partial charge < -0.3 is 55.2 Å². The van der Waals surface area contributed by atoms with Crippen molar-refractivity contribution in [2.45, 2.75) is 96.2 Å². The van der Waals surface area contributed by atoms with Crippen LogP contribution in [0.1, 0.15) is 58.4 Å². The van der Waals surface area contributed by atoms with Crippen LogP contribution < -0.4 is 26.0 Å². The average molecular weight is 641 g/mol. The Morgan fingerprint density at radius 3 is 2.42 bits per heavy atom. The lowest BCUT2D eigenvalue weighted by Gasteiger charge is -2.42. The first-order valence-electron chi connectivity index (χ1n) is 15.1. The molecule has 0 aliphatic carbocycles. The number of rotatable bonds is 19. The zero-order valence-electron chi connectivity index (χ0n) is 26.4. The zero-order chi connectivity index (χ0) is 33.2. The molecule has 254 valence electrons. The lowest BCUT2D eigenvalue weighted by atomic mass is 9.97. The number of carbonyl (C=O) groups is 4. The van der Waals surface area contributed by atoms with E-state index >= 15 is 0 Å². The fourth-order valence-corrected chi connectivity index (χ4v) is 4.33. The van der Waals surface area contributed by atoms with Gasteiger partial charge in [-0.05, 0) is 44.4 Å². The molecule has 15 nitrogen and oxygen atoms in total. The number of carbonyl (C=O) groups excluding carboxylic acids is 4. The van der Waals surface area contributed by atoms with Gasteiger partial charge in [0.2, 0.25) is 17.7 Å². The number of ether oxygens (including phenoxy) is 5. The highest BCUT2D eigenvalue weighted by Crippen LogP contribution is 2.23. The molecule has 2 rings (SSSR count). The van der Waals surface area contributed by atoms with Gasteiger partial charge in [-0.2, -0.15) is 0 Å². The molecule has 0 bridgehead atoms. The van der Waals surface area contributed by atoms with Gasteiger partial charge >= 0.3 is 6.09 Å². The highest BCUT2D eigenvalue weighted by atomic mass is 16.7. The minimum absolute atomic E-state index is 0.0222. The summed E-state index contributed by atoms with van der Waals surface area (Å²) in [4.78, 5) is 47.6. The average Bonchev–Trinajstić information content (AvgIpc) is 2.99. The van der Waals surface area contributed by atoms with Gasteiger partial charge in [-0.3, -0.25) is 14.4 Å². The van der Waals surface area contributed by atoms with Crippen molar-refractivity contribution >= 4 is 23.8 Å². The SMILES string of the molecule is COc1cccc(CNC(=O)OCC2OC(OCCCCCCNC(=O)CC(=O)NCOC(C)C)C(NC(C)=O)C(O)C2O)c1. The number of alkyl carbamates (subject to hydrolysis) is 1. The van der Waals surface area contributed by atoms with Crippen LogP contribution in [0.15, 0.2) is 24.3 Å². The number of nitrogens with one attached hydrogen (secondary N) is 4. The Morgan fingerprint density at radius 1 is 0.978 bits per heavy atom. The van der Waals surface area contributed by atoms with Crippen LogP contribution in [0.4, 0.5) is 4.79 Å². The second-order valence-corrected chi connectivity index (χ2v) is 10.8. The fraction of sp³-hybridized carbons (Fsp3) is 0.667. The molecule has 5 unspecified atom stereocenters. The van der Waals surface area contributed by atoms with Gasteiger partial charge in [0.1, 0.15) is 49.9 Å². The van der Waals surface area contributed by atoms with Gasteiger partial charge in [-0.15, -0.1) is 0 Å². The molecule has 1 aromatic carbocycles. The number of unbranched alkanes of at least 4 members (excludes halogenated alkanes) is 3. The summed E-state index contributed by atoms with van der Waals surface area (Å²) in [5.41, 5.74) is 0.792. The van der Waals surface area contributed by atoms with Crippen LogP contribution in [0.2, 0.25) is 0 Å². The van der Waals surface area contributed by atoms with E-state index in [1.165, 1.54) is 6.92 Å². The highest BCUT2D eigenvalue weighted by molar-refractivity contribution is 5.96. The Kier molecular flexibility index (Phi) is 17.2. The summed E-state index contributed by atoms with van der Waals surface area (Å²) in [6.45, 7) is 5.47. The van der Waals surface area contributed by atoms with Crippen molar-refractivity contribution in [3.05, 3.63) is 29.8 Å². The molecule has 0 saturated carbocycles. The second kappa shape index (κ2) is 20.5. The molecule has 4 amide bonds. The number of benzene rings is 1. The van der Waals surface area contributed by atoms with E-state index in [1.807, 2.05) is 19.9 Å². The first kappa shape index (κ1) is 37.7. The summed E-state index contributed by atoms with van der Waals surface area (Å²) in [5.74, 6) is -0.580. The van der Waals surface area contributed by atoms with Crippen LogP contribution in [-0.2, 0) is 39.9 Å². The van der Waals surface area contributed by atoms with Crippen LogP contribution in [0.25, 0.3) is 0 Å². The van der Waals surface area contributed by atoms with Crippen molar-refractivity contribution in [2.24, 2.45) is 0 Å². The molecule has 0 spiro atoms. The second-order valence-electron chi connectivity index (χ2n) is 10.8. The summed E-state index contributed by atoms with van der Waals surface area (Å²) in [6, 6.07) is 6.10. The van der Waals surface area contributed by atoms with E-state index in [0.717, 1.165) is 18.4 Å². The normalized spacial score (nSPS) is 21.1. The largest absolute Gasteiger partial charge is 0.497 e. The molecule has 0 radical (unpaired) electrons. The minimum atomic E-state index is -1.46. The van der Waals surface area contributed by atoms with Crippen LogP contribution >= 0.6 is 0 Å². The van der Waals surface area contributed by atoms with Crippen LogP contribution in [0.5, 0.6) is 5.75 Å². The van der Waals surface area contributed by atoms with Crippen LogP contribution in [-0.4, -0.2) is 104 Å². The van der Waals surface area contributed by atoms with Crippen LogP contribution in [0.3, 0.4) is 0 Å². The molecule has 15 heteroatoms. The van der Waals surface area contributed by atoms with Crippen molar-refractivity contribution in [1.82, 2.24) is 21.3 Å². The molecule has 1 fully saturated rings. The third-order valence-electron chi connectivity index (χ3n) is 6.70. The molecule has 45 heavy (non-hydrogen) atoms. The van der Waals surface area contributed by atoms with Gasteiger partial charge in [0.05, 0.1) is 13.2 Å². The van der Waals surface area contributed by atoms with Gasteiger partial charge in [0, 0.05) is 26.6 Å². The molecule has 6 N–H and O–H groups in total. The number of amides is 4. The Labute approximate surface area is 263 Å². The van der Waals surface area contributed by atoms with E-state index in [0.29, 0.717) is 25.1 Å². The maximum atomic E-state index is 12.3. The van der Waals surface area contributed by atoms with Crippen LogP contribution in [0, 0.1) is 0 Å². The lowest BCUT2D eigenvalue weighted by molar-refractivity contribution is -0.270. The maximum Gasteiger partial charge on any atom is 0.407 e. The number of hydrogen-bond acceptors (Lipinski definition) is 11. The fourth-order valence-electron chi connectivity index (χ4n) is 4.33. The summed E-state index contributed by atoms with van der Waals surface area (Å²) in [6.07, 6.45) is -3.29. The first-order valence-corrected chi connectivity index (χ1v) is 15.1. The van der Waals surface area contributed by atoms with Crippen molar-refractivity contribution in [3.8, 4) is 5.75 Å². The van der Waals surface area contributed by atoms with Crippen molar-refractivity contribution < 1.29 is 53.1 Å². The zero-order valence-corrected chi connectivity index (χ0v) is 26.4. The molecule has 1 aliphatic heterocycles. The topological polar surface area (TPSA) is 203 Å². The van der Waals surface area contributed by atoms with Gasteiger partial charge in [0.15, 0.2) is 6.29 Å². The minimum Gasteiger partial charge on any atom is -0.497 e. The molecule has 1 heterocycles. The van der Waals surface area contributed by atoms with Crippen molar-refractivity contribution in [3.63, 3.8) is 0 Å². The van der Waals surface area contributed by atoms with Gasteiger partial charge in [0.25, 0.3) is 0 Å². The summed E-state index contributed by atoms with van der Waals surface area (Å²) < 4.78 is 27.2. The monoisotopic (exact) mass is 640 g/mol. The van der Waals surface area contributed by atoms with E-state index < -0.39 is 48.6 Å². The third kappa shape index (κ3) is 14.9. The maximum absolute atomic E-state index is 12.3. The molecule has 5 atom stereocenters.